The zero-order valence-electron chi connectivity index (χ0n) is 18.2. The van der Waals surface area contributed by atoms with Crippen molar-refractivity contribution in [3.05, 3.63) is 59.7 Å². The van der Waals surface area contributed by atoms with Crippen molar-refractivity contribution in [2.75, 3.05) is 12.8 Å². The van der Waals surface area contributed by atoms with E-state index in [1.807, 2.05) is 6.07 Å². The summed E-state index contributed by atoms with van der Waals surface area (Å²) in [5.74, 6) is -1.94. The number of nitrogens with zero attached hydrogens (tertiary/aromatic N) is 1. The van der Waals surface area contributed by atoms with E-state index in [1.54, 1.807) is 18.2 Å². The first-order valence-corrected chi connectivity index (χ1v) is 12.9. The molecule has 5 nitrogen and oxygen atoms in total. The maximum Gasteiger partial charge on any atom is 0.260 e. The number of sulfonamides is 1. The van der Waals surface area contributed by atoms with Gasteiger partial charge in [0.05, 0.1) is 12.3 Å². The average molecular weight is 479 g/mol. The van der Waals surface area contributed by atoms with Crippen molar-refractivity contribution in [1.29, 1.82) is 0 Å². The molecule has 2 unspecified atom stereocenters. The van der Waals surface area contributed by atoms with Crippen LogP contribution in [0.25, 0.3) is 11.1 Å². The molecule has 2 saturated carbocycles. The Morgan fingerprint density at radius 3 is 2.30 bits per heavy atom. The molecule has 1 spiro atoms. The molecular weight excluding hydrogens is 453 g/mol. The number of amides is 1. The van der Waals surface area contributed by atoms with Gasteiger partial charge in [-0.15, -0.1) is 0 Å². The number of carbonyl (C=O) groups excluding carboxylic acids is 1. The fourth-order valence-electron chi connectivity index (χ4n) is 5.08. The maximum atomic E-state index is 14.8. The van der Waals surface area contributed by atoms with Crippen molar-refractivity contribution in [2.24, 2.45) is 5.41 Å². The van der Waals surface area contributed by atoms with E-state index in [-0.39, 0.29) is 18.3 Å². The topological polar surface area (TPSA) is 66.5 Å². The third-order valence-corrected chi connectivity index (χ3v) is 7.75. The molecule has 0 bridgehead atoms. The standard InChI is InChI=1S/C24H25F3N2O3S/c1-33(31,32)28-21-20(29(14-23(21)5-6-23)22(30)24(27)7-8-24)10-15-3-2-4-16(9-15)17-11-18(25)13-19(26)12-17/h2-4,9,11-13,20-21,28H,5-8,10,14H2,1H3. The van der Waals surface area contributed by atoms with Crippen molar-refractivity contribution in [2.45, 2.75) is 49.9 Å². The SMILES string of the molecule is CS(=O)(=O)NC1C(Cc2cccc(-c3cc(F)cc(F)c3)c2)N(C(=O)C2(F)CC2)CC12CC2. The van der Waals surface area contributed by atoms with Gasteiger partial charge in [0.2, 0.25) is 10.0 Å². The first kappa shape index (κ1) is 22.4. The average Bonchev–Trinajstić information content (AvgIpc) is 3.64. The summed E-state index contributed by atoms with van der Waals surface area (Å²) in [4.78, 5) is 14.5. The molecule has 1 heterocycles. The zero-order chi connectivity index (χ0) is 23.6. The highest BCUT2D eigenvalue weighted by Gasteiger charge is 2.64. The fourth-order valence-corrected chi connectivity index (χ4v) is 5.95. The predicted octanol–water partition coefficient (Wildman–Crippen LogP) is 3.59. The molecular formula is C24H25F3N2O3S. The van der Waals surface area contributed by atoms with Gasteiger partial charge in [-0.1, -0.05) is 24.3 Å². The maximum absolute atomic E-state index is 14.8. The quantitative estimate of drug-likeness (QED) is 0.690. The van der Waals surface area contributed by atoms with Crippen LogP contribution in [0.15, 0.2) is 42.5 Å². The molecule has 9 heteroatoms. The number of nitrogens with one attached hydrogen (secondary N) is 1. The summed E-state index contributed by atoms with van der Waals surface area (Å²) in [6.45, 7) is 0.324. The summed E-state index contributed by atoms with van der Waals surface area (Å²) < 4.78 is 69.2. The van der Waals surface area contributed by atoms with Gasteiger partial charge in [-0.05, 0) is 60.9 Å². The molecule has 1 amide bonds. The Balaban J connectivity index is 1.49. The Hall–Kier alpha value is -2.39. The second-order valence-electron chi connectivity index (χ2n) is 9.76. The molecule has 5 rings (SSSR count). The Morgan fingerprint density at radius 1 is 1.06 bits per heavy atom. The van der Waals surface area contributed by atoms with E-state index in [2.05, 4.69) is 4.72 Å². The number of halogens is 3. The molecule has 3 aliphatic rings. The Morgan fingerprint density at radius 2 is 1.73 bits per heavy atom. The first-order chi connectivity index (χ1) is 15.5. The van der Waals surface area contributed by atoms with E-state index < -0.39 is 45.3 Å². The van der Waals surface area contributed by atoms with Gasteiger partial charge in [0.1, 0.15) is 11.6 Å². The summed E-state index contributed by atoms with van der Waals surface area (Å²) in [7, 11) is -3.56. The van der Waals surface area contributed by atoms with Gasteiger partial charge in [0, 0.05) is 24.1 Å². The van der Waals surface area contributed by atoms with E-state index in [0.717, 1.165) is 30.7 Å². The highest BCUT2D eigenvalue weighted by molar-refractivity contribution is 7.88. The van der Waals surface area contributed by atoms with Gasteiger partial charge < -0.3 is 4.90 Å². The number of benzene rings is 2. The number of alkyl halides is 1. The number of carbonyl (C=O) groups is 1. The molecule has 2 aromatic rings. The molecule has 2 aromatic carbocycles. The summed E-state index contributed by atoms with van der Waals surface area (Å²) in [5, 5.41) is 0. The number of likely N-dealkylation sites (tertiary alicyclic amines) is 1. The second-order valence-corrected chi connectivity index (χ2v) is 11.5. The lowest BCUT2D eigenvalue weighted by molar-refractivity contribution is -0.139. The third-order valence-electron chi connectivity index (χ3n) is 7.06. The summed E-state index contributed by atoms with van der Waals surface area (Å²) in [5.41, 5.74) is -0.493. The highest BCUT2D eigenvalue weighted by Crippen LogP contribution is 2.57. The fraction of sp³-hybridized carbons (Fsp3) is 0.458. The van der Waals surface area contributed by atoms with E-state index in [1.165, 1.54) is 17.0 Å². The number of rotatable bonds is 6. The molecule has 1 saturated heterocycles. The summed E-state index contributed by atoms with van der Waals surface area (Å²) in [6, 6.07) is 9.27. The lowest BCUT2D eigenvalue weighted by atomic mass is 9.91. The lowest BCUT2D eigenvalue weighted by Gasteiger charge is -2.30. The van der Waals surface area contributed by atoms with Crippen LogP contribution in [0.1, 0.15) is 31.2 Å². The molecule has 176 valence electrons. The van der Waals surface area contributed by atoms with Crippen LogP contribution in [0.2, 0.25) is 0 Å². The van der Waals surface area contributed by atoms with Crippen LogP contribution in [-0.2, 0) is 21.2 Å². The zero-order valence-corrected chi connectivity index (χ0v) is 19.0. The van der Waals surface area contributed by atoms with Crippen LogP contribution >= 0.6 is 0 Å². The van der Waals surface area contributed by atoms with Crippen molar-refractivity contribution in [3.63, 3.8) is 0 Å². The van der Waals surface area contributed by atoms with Gasteiger partial charge >= 0.3 is 0 Å². The van der Waals surface area contributed by atoms with Gasteiger partial charge in [-0.3, -0.25) is 4.79 Å². The van der Waals surface area contributed by atoms with Crippen molar-refractivity contribution in [1.82, 2.24) is 9.62 Å². The van der Waals surface area contributed by atoms with Crippen LogP contribution < -0.4 is 4.72 Å². The normalized spacial score (nSPS) is 24.8. The van der Waals surface area contributed by atoms with Crippen LogP contribution in [0.4, 0.5) is 13.2 Å². The minimum absolute atomic E-state index is 0.187. The molecule has 0 radical (unpaired) electrons. The van der Waals surface area contributed by atoms with Crippen LogP contribution in [-0.4, -0.2) is 49.8 Å². The minimum Gasteiger partial charge on any atom is -0.334 e. The molecule has 33 heavy (non-hydrogen) atoms. The van der Waals surface area contributed by atoms with Gasteiger partial charge in [0.25, 0.3) is 5.91 Å². The van der Waals surface area contributed by atoms with Gasteiger partial charge in [-0.2, -0.15) is 0 Å². The summed E-state index contributed by atoms with van der Waals surface area (Å²) in [6.07, 6.45) is 3.29. The van der Waals surface area contributed by atoms with Gasteiger partial charge in [-0.25, -0.2) is 26.3 Å². The Bertz CT molecular complexity index is 1200. The molecule has 3 fully saturated rings. The lowest BCUT2D eigenvalue weighted by Crippen LogP contribution is -2.51. The predicted molar refractivity (Wildman–Crippen MR) is 118 cm³/mol. The van der Waals surface area contributed by atoms with Gasteiger partial charge in [0.15, 0.2) is 5.67 Å². The van der Waals surface area contributed by atoms with E-state index in [0.29, 0.717) is 24.1 Å². The van der Waals surface area contributed by atoms with Crippen molar-refractivity contribution >= 4 is 15.9 Å². The second kappa shape index (κ2) is 7.56. The third kappa shape index (κ3) is 4.40. The first-order valence-electron chi connectivity index (χ1n) is 11.0. The Kier molecular flexibility index (Phi) is 5.13. The van der Waals surface area contributed by atoms with Crippen molar-refractivity contribution < 1.29 is 26.4 Å². The molecule has 1 aliphatic heterocycles. The molecule has 2 atom stereocenters. The van der Waals surface area contributed by atoms with Crippen LogP contribution in [0, 0.1) is 17.0 Å². The molecule has 2 aliphatic carbocycles. The molecule has 0 aromatic heterocycles. The highest BCUT2D eigenvalue weighted by atomic mass is 32.2. The van der Waals surface area contributed by atoms with Crippen molar-refractivity contribution in [3.8, 4) is 11.1 Å². The van der Waals surface area contributed by atoms with Crippen LogP contribution in [0.5, 0.6) is 0 Å². The summed E-state index contributed by atoms with van der Waals surface area (Å²) >= 11 is 0. The largest absolute Gasteiger partial charge is 0.334 e. The minimum atomic E-state index is -3.56. The molecule has 1 N–H and O–H groups in total. The van der Waals surface area contributed by atoms with E-state index in [9.17, 15) is 26.4 Å². The number of hydrogen-bond donors (Lipinski definition) is 1. The Labute approximate surface area is 191 Å². The monoisotopic (exact) mass is 478 g/mol. The van der Waals surface area contributed by atoms with Crippen LogP contribution in [0.3, 0.4) is 0 Å². The van der Waals surface area contributed by atoms with E-state index >= 15 is 0 Å². The number of hydrogen-bond acceptors (Lipinski definition) is 3. The smallest absolute Gasteiger partial charge is 0.260 e. The van der Waals surface area contributed by atoms with E-state index in [4.69, 9.17) is 0 Å².